The second kappa shape index (κ2) is 6.15. The van der Waals surface area contributed by atoms with Crippen molar-refractivity contribution in [3.8, 4) is 0 Å². The summed E-state index contributed by atoms with van der Waals surface area (Å²) < 4.78 is 5.11. The predicted molar refractivity (Wildman–Crippen MR) is 69.6 cm³/mol. The van der Waals surface area contributed by atoms with Gasteiger partial charge >= 0.3 is 0 Å². The molecule has 0 radical (unpaired) electrons. The van der Waals surface area contributed by atoms with Crippen molar-refractivity contribution in [3.63, 3.8) is 0 Å². The van der Waals surface area contributed by atoms with Gasteiger partial charge in [0.05, 0.1) is 6.61 Å². The van der Waals surface area contributed by atoms with Crippen molar-refractivity contribution in [2.24, 2.45) is 11.7 Å². The first-order valence-corrected chi connectivity index (χ1v) is 6.31. The molecule has 3 heteroatoms. The van der Waals surface area contributed by atoms with Crippen molar-refractivity contribution in [2.75, 3.05) is 26.7 Å². The van der Waals surface area contributed by atoms with E-state index in [1.54, 1.807) is 7.11 Å². The Balaban J connectivity index is 1.86. The molecule has 1 aliphatic rings. The van der Waals surface area contributed by atoms with E-state index in [0.717, 1.165) is 19.6 Å². The Morgan fingerprint density at radius 2 is 2.00 bits per heavy atom. The molecule has 1 fully saturated rings. The van der Waals surface area contributed by atoms with Crippen molar-refractivity contribution in [1.82, 2.24) is 4.90 Å². The van der Waals surface area contributed by atoms with Gasteiger partial charge in [0.2, 0.25) is 0 Å². The maximum absolute atomic E-state index is 5.70. The summed E-state index contributed by atoms with van der Waals surface area (Å²) in [4.78, 5) is 2.49. The Labute approximate surface area is 104 Å². The van der Waals surface area contributed by atoms with Gasteiger partial charge in [-0.15, -0.1) is 0 Å². The molecule has 1 atom stereocenters. The smallest absolute Gasteiger partial charge is 0.0713 e. The van der Waals surface area contributed by atoms with Gasteiger partial charge in [-0.05, 0) is 36.6 Å². The molecule has 2 N–H and O–H groups in total. The molecule has 3 nitrogen and oxygen atoms in total. The monoisotopic (exact) mass is 234 g/mol. The molecule has 0 aliphatic carbocycles. The van der Waals surface area contributed by atoms with Crippen molar-refractivity contribution in [3.05, 3.63) is 35.4 Å². The van der Waals surface area contributed by atoms with Crippen LogP contribution in [0.25, 0.3) is 0 Å². The molecule has 17 heavy (non-hydrogen) atoms. The molecule has 1 aliphatic heterocycles. The number of nitrogens with two attached hydrogens (primary N) is 1. The highest BCUT2D eigenvalue weighted by Gasteiger charge is 2.20. The Hall–Kier alpha value is -0.900. The lowest BCUT2D eigenvalue weighted by atomic mass is 10.1. The Bertz CT molecular complexity index is 337. The Morgan fingerprint density at radius 1 is 1.29 bits per heavy atom. The predicted octanol–water partition coefficient (Wildman–Crippen LogP) is 1.61. The summed E-state index contributed by atoms with van der Waals surface area (Å²) in [5, 5.41) is 0. The van der Waals surface area contributed by atoms with E-state index in [1.807, 2.05) is 0 Å². The fourth-order valence-electron chi connectivity index (χ4n) is 2.41. The summed E-state index contributed by atoms with van der Waals surface area (Å²) >= 11 is 0. The topological polar surface area (TPSA) is 38.5 Å². The summed E-state index contributed by atoms with van der Waals surface area (Å²) in [6, 6.07) is 8.69. The van der Waals surface area contributed by atoms with Gasteiger partial charge in [0.1, 0.15) is 0 Å². The fraction of sp³-hybridized carbons (Fsp3) is 0.571. The van der Waals surface area contributed by atoms with Crippen molar-refractivity contribution in [1.29, 1.82) is 0 Å². The number of methoxy groups -OCH3 is 1. The molecule has 0 amide bonds. The zero-order chi connectivity index (χ0) is 12.1. The highest BCUT2D eigenvalue weighted by atomic mass is 16.5. The molecule has 0 aromatic heterocycles. The minimum Gasteiger partial charge on any atom is -0.380 e. The van der Waals surface area contributed by atoms with Crippen LogP contribution in [0.4, 0.5) is 0 Å². The van der Waals surface area contributed by atoms with E-state index in [1.165, 1.54) is 24.1 Å². The average Bonchev–Trinajstić information content (AvgIpc) is 2.80. The van der Waals surface area contributed by atoms with Crippen molar-refractivity contribution < 1.29 is 4.74 Å². The largest absolute Gasteiger partial charge is 0.380 e. The number of ether oxygens (including phenoxy) is 1. The van der Waals surface area contributed by atoms with Crippen LogP contribution in [0.2, 0.25) is 0 Å². The van der Waals surface area contributed by atoms with Crippen LogP contribution in [0, 0.1) is 5.92 Å². The SMILES string of the molecule is COCc1ccc(CN2CCC(CN)C2)cc1. The second-order valence-corrected chi connectivity index (χ2v) is 4.88. The van der Waals surface area contributed by atoms with Crippen molar-refractivity contribution in [2.45, 2.75) is 19.6 Å². The van der Waals surface area contributed by atoms with Gasteiger partial charge in [0.15, 0.2) is 0 Å². The molecule has 1 heterocycles. The first-order chi connectivity index (χ1) is 8.31. The molecular weight excluding hydrogens is 212 g/mol. The van der Waals surface area contributed by atoms with E-state index in [0.29, 0.717) is 12.5 Å². The fourth-order valence-corrected chi connectivity index (χ4v) is 2.41. The van der Waals surface area contributed by atoms with Crippen LogP contribution in [0.5, 0.6) is 0 Å². The first kappa shape index (κ1) is 12.6. The molecule has 1 saturated heterocycles. The van der Waals surface area contributed by atoms with E-state index >= 15 is 0 Å². The van der Waals surface area contributed by atoms with Gasteiger partial charge in [0.25, 0.3) is 0 Å². The van der Waals surface area contributed by atoms with Crippen molar-refractivity contribution >= 4 is 0 Å². The minimum absolute atomic E-state index is 0.694. The third kappa shape index (κ3) is 3.53. The second-order valence-electron chi connectivity index (χ2n) is 4.88. The lowest BCUT2D eigenvalue weighted by molar-refractivity contribution is 0.185. The minimum atomic E-state index is 0.694. The van der Waals surface area contributed by atoms with Crippen LogP contribution in [0.1, 0.15) is 17.5 Å². The zero-order valence-electron chi connectivity index (χ0n) is 10.6. The van der Waals surface area contributed by atoms with E-state index in [-0.39, 0.29) is 0 Å². The number of hydrogen-bond acceptors (Lipinski definition) is 3. The van der Waals surface area contributed by atoms with Gasteiger partial charge in [-0.2, -0.15) is 0 Å². The molecule has 94 valence electrons. The highest BCUT2D eigenvalue weighted by Crippen LogP contribution is 2.17. The van der Waals surface area contributed by atoms with Gasteiger partial charge in [-0.25, -0.2) is 0 Å². The van der Waals surface area contributed by atoms with Crippen LogP contribution in [0.15, 0.2) is 24.3 Å². The molecule has 1 aromatic rings. The Kier molecular flexibility index (Phi) is 4.54. The number of benzene rings is 1. The first-order valence-electron chi connectivity index (χ1n) is 6.31. The van der Waals surface area contributed by atoms with Gasteiger partial charge in [-0.1, -0.05) is 24.3 Å². The maximum Gasteiger partial charge on any atom is 0.0713 e. The van der Waals surface area contributed by atoms with E-state index < -0.39 is 0 Å². The molecule has 2 rings (SSSR count). The zero-order valence-corrected chi connectivity index (χ0v) is 10.6. The summed E-state index contributed by atoms with van der Waals surface area (Å²) in [6.45, 7) is 4.89. The van der Waals surface area contributed by atoms with E-state index in [2.05, 4.69) is 29.2 Å². The average molecular weight is 234 g/mol. The number of nitrogens with zero attached hydrogens (tertiary/aromatic N) is 1. The number of rotatable bonds is 5. The van der Waals surface area contributed by atoms with E-state index in [9.17, 15) is 0 Å². The third-order valence-corrected chi connectivity index (χ3v) is 3.44. The van der Waals surface area contributed by atoms with Gasteiger partial charge < -0.3 is 10.5 Å². The quantitative estimate of drug-likeness (QED) is 0.841. The number of hydrogen-bond donors (Lipinski definition) is 1. The standard InChI is InChI=1S/C14H22N2O/c1-17-11-13-4-2-12(3-5-13)9-16-7-6-14(8-15)10-16/h2-5,14H,6-11,15H2,1H3. The molecular formula is C14H22N2O. The molecule has 0 bridgehead atoms. The lowest BCUT2D eigenvalue weighted by Crippen LogP contribution is -2.22. The summed E-state index contributed by atoms with van der Waals surface area (Å²) in [7, 11) is 1.73. The summed E-state index contributed by atoms with van der Waals surface area (Å²) in [6.07, 6.45) is 1.25. The maximum atomic E-state index is 5.70. The van der Waals surface area contributed by atoms with Crippen LogP contribution in [-0.4, -0.2) is 31.6 Å². The third-order valence-electron chi connectivity index (χ3n) is 3.44. The lowest BCUT2D eigenvalue weighted by Gasteiger charge is -2.15. The molecule has 0 saturated carbocycles. The highest BCUT2D eigenvalue weighted by molar-refractivity contribution is 5.22. The molecule has 1 unspecified atom stereocenters. The molecule has 0 spiro atoms. The molecule has 1 aromatic carbocycles. The van der Waals surface area contributed by atoms with Gasteiger partial charge in [0, 0.05) is 20.2 Å². The van der Waals surface area contributed by atoms with Crippen LogP contribution in [0.3, 0.4) is 0 Å². The normalized spacial score (nSPS) is 20.9. The van der Waals surface area contributed by atoms with E-state index in [4.69, 9.17) is 10.5 Å². The van der Waals surface area contributed by atoms with Crippen LogP contribution in [-0.2, 0) is 17.9 Å². The Morgan fingerprint density at radius 3 is 2.59 bits per heavy atom. The van der Waals surface area contributed by atoms with Crippen LogP contribution < -0.4 is 5.73 Å². The van der Waals surface area contributed by atoms with Crippen LogP contribution >= 0.6 is 0 Å². The number of likely N-dealkylation sites (tertiary alicyclic amines) is 1. The summed E-state index contributed by atoms with van der Waals surface area (Å²) in [5.41, 5.74) is 8.31. The van der Waals surface area contributed by atoms with Gasteiger partial charge in [-0.3, -0.25) is 4.90 Å². The summed E-state index contributed by atoms with van der Waals surface area (Å²) in [5.74, 6) is 0.697.